The van der Waals surface area contributed by atoms with Crippen LogP contribution < -0.4 is 0 Å². The minimum Gasteiger partial charge on any atom is -0.389 e. The fourth-order valence-electron chi connectivity index (χ4n) is 2.28. The molecule has 3 unspecified atom stereocenters. The lowest BCUT2D eigenvalue weighted by Crippen LogP contribution is -2.11. The van der Waals surface area contributed by atoms with Gasteiger partial charge in [-0.15, -0.1) is 0 Å². The minimum atomic E-state index is -0.202. The SMILES string of the molecule is OC1C=CC(C=CC2CC=CCC2)CC1. The molecule has 1 N–H and O–H groups in total. The van der Waals surface area contributed by atoms with Crippen molar-refractivity contribution in [3.63, 3.8) is 0 Å². The molecular formula is C14H20O. The van der Waals surface area contributed by atoms with Crippen LogP contribution in [-0.2, 0) is 0 Å². The van der Waals surface area contributed by atoms with Crippen LogP contribution in [0.15, 0.2) is 36.5 Å². The van der Waals surface area contributed by atoms with Crippen molar-refractivity contribution in [2.24, 2.45) is 11.8 Å². The summed E-state index contributed by atoms with van der Waals surface area (Å²) in [5.74, 6) is 1.30. The Kier molecular flexibility index (Phi) is 3.79. The molecule has 82 valence electrons. The zero-order valence-corrected chi connectivity index (χ0v) is 9.18. The summed E-state index contributed by atoms with van der Waals surface area (Å²) in [6, 6.07) is 0. The van der Waals surface area contributed by atoms with Crippen molar-refractivity contribution in [1.29, 1.82) is 0 Å². The number of aliphatic hydroxyl groups is 1. The van der Waals surface area contributed by atoms with Crippen LogP contribution in [0, 0.1) is 11.8 Å². The van der Waals surface area contributed by atoms with Crippen molar-refractivity contribution in [3.8, 4) is 0 Å². The molecule has 0 aromatic rings. The normalized spacial score (nSPS) is 36.2. The molecule has 0 aromatic heterocycles. The fraction of sp³-hybridized carbons (Fsp3) is 0.571. The summed E-state index contributed by atoms with van der Waals surface area (Å²) in [4.78, 5) is 0. The summed E-state index contributed by atoms with van der Waals surface area (Å²) >= 11 is 0. The number of hydrogen-bond acceptors (Lipinski definition) is 1. The third-order valence-corrected chi connectivity index (χ3v) is 3.32. The Morgan fingerprint density at radius 2 is 1.93 bits per heavy atom. The van der Waals surface area contributed by atoms with Crippen LogP contribution in [0.1, 0.15) is 32.1 Å². The third kappa shape index (κ3) is 3.35. The maximum Gasteiger partial charge on any atom is 0.0721 e. The van der Waals surface area contributed by atoms with Gasteiger partial charge in [0.05, 0.1) is 6.10 Å². The van der Waals surface area contributed by atoms with Gasteiger partial charge in [-0.2, -0.15) is 0 Å². The molecule has 0 fully saturated rings. The Hall–Kier alpha value is -0.820. The molecule has 2 aliphatic rings. The van der Waals surface area contributed by atoms with E-state index >= 15 is 0 Å². The highest BCUT2D eigenvalue weighted by molar-refractivity contribution is 5.08. The second-order valence-electron chi connectivity index (χ2n) is 4.62. The van der Waals surface area contributed by atoms with Crippen molar-refractivity contribution in [2.75, 3.05) is 0 Å². The van der Waals surface area contributed by atoms with Crippen LogP contribution in [0.3, 0.4) is 0 Å². The predicted octanol–water partition coefficient (Wildman–Crippen LogP) is 3.23. The highest BCUT2D eigenvalue weighted by Crippen LogP contribution is 2.23. The van der Waals surface area contributed by atoms with Crippen molar-refractivity contribution in [3.05, 3.63) is 36.5 Å². The van der Waals surface area contributed by atoms with E-state index in [1.807, 2.05) is 6.08 Å². The van der Waals surface area contributed by atoms with Crippen LogP contribution in [0.4, 0.5) is 0 Å². The first-order valence-electron chi connectivity index (χ1n) is 6.04. The van der Waals surface area contributed by atoms with Crippen molar-refractivity contribution in [1.82, 2.24) is 0 Å². The number of allylic oxidation sites excluding steroid dienone is 5. The van der Waals surface area contributed by atoms with E-state index < -0.39 is 0 Å². The fourth-order valence-corrected chi connectivity index (χ4v) is 2.28. The van der Waals surface area contributed by atoms with E-state index in [0.29, 0.717) is 5.92 Å². The summed E-state index contributed by atoms with van der Waals surface area (Å²) in [7, 11) is 0. The molecule has 0 aliphatic heterocycles. The van der Waals surface area contributed by atoms with Crippen LogP contribution in [0.5, 0.6) is 0 Å². The maximum atomic E-state index is 9.32. The summed E-state index contributed by atoms with van der Waals surface area (Å²) in [6.45, 7) is 0. The average Bonchev–Trinajstić information content (AvgIpc) is 2.30. The van der Waals surface area contributed by atoms with Crippen LogP contribution >= 0.6 is 0 Å². The Labute approximate surface area is 92.2 Å². The van der Waals surface area contributed by atoms with Gasteiger partial charge in [0.25, 0.3) is 0 Å². The Bertz CT molecular complexity index is 275. The van der Waals surface area contributed by atoms with Crippen LogP contribution in [0.25, 0.3) is 0 Å². The monoisotopic (exact) mass is 204 g/mol. The topological polar surface area (TPSA) is 20.2 Å². The van der Waals surface area contributed by atoms with E-state index in [4.69, 9.17) is 0 Å². The first-order valence-corrected chi connectivity index (χ1v) is 6.04. The molecule has 0 amide bonds. The molecule has 0 bridgehead atoms. The highest BCUT2D eigenvalue weighted by Gasteiger charge is 2.12. The average molecular weight is 204 g/mol. The van der Waals surface area contributed by atoms with Gasteiger partial charge in [-0.25, -0.2) is 0 Å². The van der Waals surface area contributed by atoms with Gasteiger partial charge < -0.3 is 5.11 Å². The summed E-state index contributed by atoms with van der Waals surface area (Å²) < 4.78 is 0. The molecule has 15 heavy (non-hydrogen) atoms. The standard InChI is InChI=1S/C14H20O/c15-14-10-8-13(9-11-14)7-6-12-4-2-1-3-5-12/h1-2,6-8,10,12-15H,3-5,9,11H2. The predicted molar refractivity (Wildman–Crippen MR) is 63.5 cm³/mol. The molecule has 0 saturated heterocycles. The van der Waals surface area contributed by atoms with Crippen molar-refractivity contribution in [2.45, 2.75) is 38.2 Å². The Morgan fingerprint density at radius 1 is 1.00 bits per heavy atom. The third-order valence-electron chi connectivity index (χ3n) is 3.32. The van der Waals surface area contributed by atoms with Gasteiger partial charge in [-0.1, -0.05) is 36.5 Å². The first kappa shape index (κ1) is 10.7. The largest absolute Gasteiger partial charge is 0.389 e. The van der Waals surface area contributed by atoms with Gasteiger partial charge in [0.15, 0.2) is 0 Å². The molecule has 1 heteroatoms. The summed E-state index contributed by atoms with van der Waals surface area (Å²) in [5.41, 5.74) is 0. The summed E-state index contributed by atoms with van der Waals surface area (Å²) in [6.07, 6.45) is 18.9. The zero-order valence-electron chi connectivity index (χ0n) is 9.18. The van der Waals surface area contributed by atoms with Crippen LogP contribution in [-0.4, -0.2) is 11.2 Å². The zero-order chi connectivity index (χ0) is 10.5. The molecule has 2 rings (SSSR count). The van der Waals surface area contributed by atoms with Gasteiger partial charge in [0.1, 0.15) is 0 Å². The first-order chi connectivity index (χ1) is 7.34. The lowest BCUT2D eigenvalue weighted by atomic mass is 9.89. The molecule has 0 saturated carbocycles. The van der Waals surface area contributed by atoms with Gasteiger partial charge >= 0.3 is 0 Å². The van der Waals surface area contributed by atoms with Crippen molar-refractivity contribution < 1.29 is 5.11 Å². The van der Waals surface area contributed by atoms with Gasteiger partial charge in [0, 0.05) is 0 Å². The molecule has 0 heterocycles. The number of rotatable bonds is 2. The van der Waals surface area contributed by atoms with Gasteiger partial charge in [0.2, 0.25) is 0 Å². The molecule has 2 aliphatic carbocycles. The Balaban J connectivity index is 1.83. The van der Waals surface area contributed by atoms with Crippen molar-refractivity contribution >= 4 is 0 Å². The van der Waals surface area contributed by atoms with E-state index in [2.05, 4.69) is 30.4 Å². The molecule has 1 nitrogen and oxygen atoms in total. The molecular weight excluding hydrogens is 184 g/mol. The second kappa shape index (κ2) is 5.32. The maximum absolute atomic E-state index is 9.32. The van der Waals surface area contributed by atoms with E-state index in [-0.39, 0.29) is 6.10 Å². The highest BCUT2D eigenvalue weighted by atomic mass is 16.3. The lowest BCUT2D eigenvalue weighted by molar-refractivity contribution is 0.199. The second-order valence-corrected chi connectivity index (χ2v) is 4.62. The van der Waals surface area contributed by atoms with Gasteiger partial charge in [-0.3, -0.25) is 0 Å². The molecule has 0 aromatic carbocycles. The lowest BCUT2D eigenvalue weighted by Gasteiger charge is -2.18. The molecule has 0 radical (unpaired) electrons. The van der Waals surface area contributed by atoms with Gasteiger partial charge in [-0.05, 0) is 43.9 Å². The molecule has 0 spiro atoms. The number of aliphatic hydroxyl groups excluding tert-OH is 1. The van der Waals surface area contributed by atoms with E-state index in [0.717, 1.165) is 18.8 Å². The van der Waals surface area contributed by atoms with Crippen LogP contribution in [0.2, 0.25) is 0 Å². The Morgan fingerprint density at radius 3 is 2.60 bits per heavy atom. The minimum absolute atomic E-state index is 0.202. The quantitative estimate of drug-likeness (QED) is 0.685. The molecule has 3 atom stereocenters. The smallest absolute Gasteiger partial charge is 0.0721 e. The van der Waals surface area contributed by atoms with E-state index in [1.165, 1.54) is 19.3 Å². The summed E-state index contributed by atoms with van der Waals surface area (Å²) in [5, 5.41) is 9.32. The number of hydrogen-bond donors (Lipinski definition) is 1. The van der Waals surface area contributed by atoms with E-state index in [1.54, 1.807) is 0 Å². The van der Waals surface area contributed by atoms with E-state index in [9.17, 15) is 5.11 Å².